The Kier molecular flexibility index (Phi) is 10.5. The van der Waals surface area contributed by atoms with Crippen molar-refractivity contribution in [3.8, 4) is 50.2 Å². The van der Waals surface area contributed by atoms with Crippen molar-refractivity contribution >= 4 is 60.4 Å². The summed E-state index contributed by atoms with van der Waals surface area (Å²) in [5, 5.41) is 7.22. The lowest BCUT2D eigenvalue weighted by Gasteiger charge is -2.34. The molecule has 0 atom stereocenters. The fraction of sp³-hybridized carbons (Fsp3) is 0.0133. The summed E-state index contributed by atoms with van der Waals surface area (Å²) in [5.41, 5.74) is 21.1. The zero-order chi connectivity index (χ0) is 50.9. The van der Waals surface area contributed by atoms with E-state index in [2.05, 4.69) is 313 Å². The molecule has 0 unspecified atom stereocenters. The third kappa shape index (κ3) is 6.89. The van der Waals surface area contributed by atoms with Gasteiger partial charge in [0.15, 0.2) is 0 Å². The first-order valence-corrected chi connectivity index (χ1v) is 26.7. The molecule has 0 saturated heterocycles. The van der Waals surface area contributed by atoms with Crippen LogP contribution in [-0.4, -0.2) is 4.57 Å². The van der Waals surface area contributed by atoms with Gasteiger partial charge in [-0.1, -0.05) is 267 Å². The number of nitrogens with zero attached hydrogens (tertiary/aromatic N) is 2. The largest absolute Gasteiger partial charge is 0.310 e. The van der Waals surface area contributed by atoms with Gasteiger partial charge in [-0.25, -0.2) is 0 Å². The lowest BCUT2D eigenvalue weighted by atomic mass is 9.67. The van der Waals surface area contributed by atoms with Gasteiger partial charge in [-0.05, 0) is 108 Å². The van der Waals surface area contributed by atoms with E-state index in [1.807, 2.05) is 0 Å². The van der Waals surface area contributed by atoms with Gasteiger partial charge in [0, 0.05) is 38.5 Å². The van der Waals surface area contributed by atoms with E-state index in [0.29, 0.717) is 0 Å². The SMILES string of the molecule is c1ccc(-c2ccc(N(c3ccc4c5ccccc5n(-c5c6ccccc6c(-c6cccc7c6-c6ccccc6C7(c6ccccc6)c6ccccc6)c6ccccc56)c4c3)c3ccccc3-c3ccccc3)cc2)cc1. The van der Waals surface area contributed by atoms with E-state index in [-0.39, 0.29) is 0 Å². The van der Waals surface area contributed by atoms with Crippen LogP contribution in [-0.2, 0) is 5.41 Å². The van der Waals surface area contributed by atoms with E-state index in [9.17, 15) is 0 Å². The number of hydrogen-bond donors (Lipinski definition) is 0. The van der Waals surface area contributed by atoms with Crippen molar-refractivity contribution in [2.45, 2.75) is 5.41 Å². The molecule has 77 heavy (non-hydrogen) atoms. The van der Waals surface area contributed by atoms with Crippen molar-refractivity contribution in [2.75, 3.05) is 4.90 Å². The van der Waals surface area contributed by atoms with Gasteiger partial charge >= 0.3 is 0 Å². The highest BCUT2D eigenvalue weighted by Crippen LogP contribution is 2.59. The van der Waals surface area contributed by atoms with E-state index < -0.39 is 5.41 Å². The van der Waals surface area contributed by atoms with Crippen molar-refractivity contribution < 1.29 is 0 Å². The molecule has 2 heteroatoms. The minimum Gasteiger partial charge on any atom is -0.310 e. The lowest BCUT2D eigenvalue weighted by Crippen LogP contribution is -2.28. The first-order chi connectivity index (χ1) is 38.3. The summed E-state index contributed by atoms with van der Waals surface area (Å²) in [4.78, 5) is 2.44. The molecule has 0 fully saturated rings. The second kappa shape index (κ2) is 18.1. The summed E-state index contributed by atoms with van der Waals surface area (Å²) in [5.74, 6) is 0. The fourth-order valence-corrected chi connectivity index (χ4v) is 13.1. The number of benzene rings is 13. The van der Waals surface area contributed by atoms with Crippen LogP contribution in [0.4, 0.5) is 17.1 Å². The highest BCUT2D eigenvalue weighted by atomic mass is 15.1. The topological polar surface area (TPSA) is 8.17 Å². The van der Waals surface area contributed by atoms with Gasteiger partial charge in [-0.15, -0.1) is 0 Å². The molecule has 0 radical (unpaired) electrons. The second-order valence-electron chi connectivity index (χ2n) is 20.3. The molecule has 1 aliphatic rings. The van der Waals surface area contributed by atoms with Gasteiger partial charge in [0.25, 0.3) is 0 Å². The quantitative estimate of drug-likeness (QED) is 0.131. The summed E-state index contributed by atoms with van der Waals surface area (Å²) in [6.07, 6.45) is 0. The number of aromatic nitrogens is 1. The predicted molar refractivity (Wildman–Crippen MR) is 324 cm³/mol. The van der Waals surface area contributed by atoms with Crippen LogP contribution in [0.15, 0.2) is 303 Å². The number of fused-ring (bicyclic) bond motifs is 8. The summed E-state index contributed by atoms with van der Waals surface area (Å²) in [7, 11) is 0. The van der Waals surface area contributed by atoms with Crippen molar-refractivity contribution in [2.24, 2.45) is 0 Å². The van der Waals surface area contributed by atoms with Gasteiger partial charge in [0.1, 0.15) is 0 Å². The molecule has 1 heterocycles. The molecule has 0 bridgehead atoms. The average Bonchev–Trinajstić information content (AvgIpc) is 4.22. The molecule has 0 amide bonds. The van der Waals surface area contributed by atoms with Gasteiger partial charge < -0.3 is 9.47 Å². The molecule has 1 aliphatic carbocycles. The fourth-order valence-electron chi connectivity index (χ4n) is 13.1. The minimum absolute atomic E-state index is 0.518. The maximum absolute atomic E-state index is 2.56. The zero-order valence-corrected chi connectivity index (χ0v) is 42.3. The van der Waals surface area contributed by atoms with Gasteiger partial charge in [0.2, 0.25) is 0 Å². The number of anilines is 3. The Morgan fingerprint density at radius 1 is 0.273 bits per heavy atom. The van der Waals surface area contributed by atoms with Gasteiger partial charge in [-0.3, -0.25) is 0 Å². The lowest BCUT2D eigenvalue weighted by molar-refractivity contribution is 0.768. The van der Waals surface area contributed by atoms with Crippen LogP contribution in [0.5, 0.6) is 0 Å². The third-order valence-electron chi connectivity index (χ3n) is 16.3. The molecule has 0 N–H and O–H groups in total. The second-order valence-corrected chi connectivity index (χ2v) is 20.3. The number of rotatable bonds is 9. The first-order valence-electron chi connectivity index (χ1n) is 26.7. The monoisotopic (exact) mass is 978 g/mol. The summed E-state index contributed by atoms with van der Waals surface area (Å²) in [6.45, 7) is 0. The van der Waals surface area contributed by atoms with Crippen molar-refractivity contribution in [1.82, 2.24) is 4.57 Å². The van der Waals surface area contributed by atoms with Crippen LogP contribution < -0.4 is 4.90 Å². The highest BCUT2D eigenvalue weighted by Gasteiger charge is 2.47. The van der Waals surface area contributed by atoms with E-state index in [0.717, 1.165) is 33.7 Å². The molecular weight excluding hydrogens is 929 g/mol. The third-order valence-corrected chi connectivity index (χ3v) is 16.3. The molecule has 2 nitrogen and oxygen atoms in total. The summed E-state index contributed by atoms with van der Waals surface area (Å²) >= 11 is 0. The van der Waals surface area contributed by atoms with E-state index >= 15 is 0 Å². The Balaban J connectivity index is 0.996. The van der Waals surface area contributed by atoms with Crippen LogP contribution in [0, 0.1) is 0 Å². The minimum atomic E-state index is -0.518. The van der Waals surface area contributed by atoms with Crippen LogP contribution in [0.25, 0.3) is 93.5 Å². The van der Waals surface area contributed by atoms with Gasteiger partial charge in [-0.2, -0.15) is 0 Å². The average molecular weight is 979 g/mol. The standard InChI is InChI=1S/C75H50N2/c1-5-24-51(25-6-1)52-44-46-56(47-45-52)76(69-42-21-18-32-58(69)53-26-7-2-8-27-53)57-48-49-60-59-33-19-22-43-70(59)77(71(60)50-57)74-63-36-15-13-34-61(63)72(62-35-14-16-37-64(62)74)66-39-23-41-68-73(66)65-38-17-20-40-67(65)75(68,54-28-9-3-10-29-54)55-30-11-4-12-31-55/h1-50H. The molecule has 13 aromatic carbocycles. The number of hydrogen-bond acceptors (Lipinski definition) is 1. The molecule has 14 aromatic rings. The van der Waals surface area contributed by atoms with E-state index in [1.165, 1.54) is 99.2 Å². The number of para-hydroxylation sites is 2. The van der Waals surface area contributed by atoms with E-state index in [1.54, 1.807) is 0 Å². The molecule has 360 valence electrons. The predicted octanol–water partition coefficient (Wildman–Crippen LogP) is 19.9. The Labute approximate surface area is 448 Å². The molecule has 0 saturated carbocycles. The summed E-state index contributed by atoms with van der Waals surface area (Å²) in [6, 6.07) is 112. The zero-order valence-electron chi connectivity index (χ0n) is 42.3. The van der Waals surface area contributed by atoms with Crippen molar-refractivity contribution in [3.63, 3.8) is 0 Å². The molecule has 0 spiro atoms. The van der Waals surface area contributed by atoms with Crippen LogP contribution in [0.1, 0.15) is 22.3 Å². The Morgan fingerprint density at radius 2 is 0.740 bits per heavy atom. The molecule has 1 aromatic heterocycles. The molecular formula is C75H50N2. The van der Waals surface area contributed by atoms with E-state index in [4.69, 9.17) is 0 Å². The maximum Gasteiger partial charge on any atom is 0.0713 e. The Bertz CT molecular complexity index is 4440. The molecule has 0 aliphatic heterocycles. The maximum atomic E-state index is 2.56. The van der Waals surface area contributed by atoms with Crippen molar-refractivity contribution in [1.29, 1.82) is 0 Å². The Hall–Kier alpha value is -10.0. The Morgan fingerprint density at radius 3 is 1.40 bits per heavy atom. The van der Waals surface area contributed by atoms with Crippen LogP contribution >= 0.6 is 0 Å². The normalized spacial score (nSPS) is 12.5. The van der Waals surface area contributed by atoms with Crippen molar-refractivity contribution in [3.05, 3.63) is 326 Å². The van der Waals surface area contributed by atoms with Crippen LogP contribution in [0.3, 0.4) is 0 Å². The first kappa shape index (κ1) is 44.5. The summed E-state index contributed by atoms with van der Waals surface area (Å²) < 4.78 is 2.56. The highest BCUT2D eigenvalue weighted by molar-refractivity contribution is 6.22. The molecule has 15 rings (SSSR count). The van der Waals surface area contributed by atoms with Crippen LogP contribution in [0.2, 0.25) is 0 Å². The smallest absolute Gasteiger partial charge is 0.0713 e. The van der Waals surface area contributed by atoms with Gasteiger partial charge in [0.05, 0.1) is 27.8 Å².